The third-order valence-electron chi connectivity index (χ3n) is 4.69. The van der Waals surface area contributed by atoms with E-state index in [0.29, 0.717) is 43.8 Å². The lowest BCUT2D eigenvalue weighted by atomic mass is 9.96. The van der Waals surface area contributed by atoms with Crippen LogP contribution in [0.2, 0.25) is 0 Å². The van der Waals surface area contributed by atoms with Crippen molar-refractivity contribution in [2.45, 2.75) is 26.7 Å². The van der Waals surface area contributed by atoms with E-state index in [-0.39, 0.29) is 17.8 Å². The first kappa shape index (κ1) is 20.2. The molecule has 0 aromatic heterocycles. The Morgan fingerprint density at radius 2 is 1.88 bits per heavy atom. The minimum Gasteiger partial charge on any atom is -0.466 e. The van der Waals surface area contributed by atoms with E-state index in [1.807, 2.05) is 0 Å². The number of amides is 1. The summed E-state index contributed by atoms with van der Waals surface area (Å²) in [6, 6.07) is 5.06. The van der Waals surface area contributed by atoms with Crippen molar-refractivity contribution < 1.29 is 22.7 Å². The van der Waals surface area contributed by atoms with Gasteiger partial charge in [0.25, 0.3) is 5.91 Å². The molecule has 1 fully saturated rings. The van der Waals surface area contributed by atoms with E-state index in [4.69, 9.17) is 4.74 Å². The van der Waals surface area contributed by atoms with Crippen LogP contribution in [-0.4, -0.2) is 58.2 Å². The van der Waals surface area contributed by atoms with Crippen LogP contribution >= 0.6 is 0 Å². The maximum atomic E-state index is 12.8. The molecule has 0 saturated carbocycles. The van der Waals surface area contributed by atoms with Crippen molar-refractivity contribution in [3.05, 3.63) is 29.3 Å². The average Bonchev–Trinajstić information content (AvgIpc) is 2.60. The molecule has 2 rings (SSSR count). The Balaban J connectivity index is 2.13. The van der Waals surface area contributed by atoms with Crippen LogP contribution in [0.3, 0.4) is 0 Å². The van der Waals surface area contributed by atoms with E-state index in [2.05, 4.69) is 0 Å². The Hall–Kier alpha value is -2.09. The minimum absolute atomic E-state index is 0.157. The number of carbonyl (C=O) groups is 2. The molecule has 0 atom stereocenters. The van der Waals surface area contributed by atoms with Crippen LogP contribution in [0.25, 0.3) is 0 Å². The third kappa shape index (κ3) is 4.55. The number of nitrogens with zero attached hydrogens (tertiary/aromatic N) is 2. The number of carbonyl (C=O) groups excluding carboxylic acids is 2. The van der Waals surface area contributed by atoms with Crippen LogP contribution in [0.1, 0.15) is 35.7 Å². The number of aryl methyl sites for hydroxylation is 1. The van der Waals surface area contributed by atoms with Crippen molar-refractivity contribution in [1.29, 1.82) is 0 Å². The number of hydrogen-bond acceptors (Lipinski definition) is 5. The molecule has 0 spiro atoms. The summed E-state index contributed by atoms with van der Waals surface area (Å²) in [7, 11) is -1.94. The topological polar surface area (TPSA) is 84.0 Å². The molecule has 1 heterocycles. The Morgan fingerprint density at radius 1 is 1.27 bits per heavy atom. The monoisotopic (exact) mass is 382 g/mol. The fourth-order valence-corrected chi connectivity index (χ4v) is 3.58. The molecule has 1 aliphatic rings. The second-order valence-corrected chi connectivity index (χ2v) is 8.56. The molecular weight excluding hydrogens is 356 g/mol. The lowest BCUT2D eigenvalue weighted by Gasteiger charge is -2.31. The highest BCUT2D eigenvalue weighted by atomic mass is 32.2. The fourth-order valence-electron chi connectivity index (χ4n) is 3.02. The van der Waals surface area contributed by atoms with E-state index in [1.165, 1.54) is 11.4 Å². The van der Waals surface area contributed by atoms with Gasteiger partial charge in [0.05, 0.1) is 24.5 Å². The first-order valence-electron chi connectivity index (χ1n) is 8.65. The highest BCUT2D eigenvalue weighted by molar-refractivity contribution is 7.92. The van der Waals surface area contributed by atoms with Crippen molar-refractivity contribution in [3.63, 3.8) is 0 Å². The van der Waals surface area contributed by atoms with Crippen molar-refractivity contribution in [2.24, 2.45) is 5.92 Å². The fraction of sp³-hybridized carbons (Fsp3) is 0.556. The largest absolute Gasteiger partial charge is 0.466 e. The number of anilines is 1. The predicted molar refractivity (Wildman–Crippen MR) is 99.7 cm³/mol. The first-order chi connectivity index (χ1) is 12.1. The molecular formula is C18H26N2O5S. The van der Waals surface area contributed by atoms with Gasteiger partial charge in [0.2, 0.25) is 10.0 Å². The van der Waals surface area contributed by atoms with Crippen molar-refractivity contribution in [2.75, 3.05) is 37.3 Å². The number of hydrogen-bond donors (Lipinski definition) is 0. The van der Waals surface area contributed by atoms with Gasteiger partial charge in [-0.1, -0.05) is 6.07 Å². The predicted octanol–water partition coefficient (Wildman–Crippen LogP) is 1.81. The van der Waals surface area contributed by atoms with E-state index in [9.17, 15) is 18.0 Å². The van der Waals surface area contributed by atoms with Gasteiger partial charge in [0.15, 0.2) is 0 Å². The van der Waals surface area contributed by atoms with Gasteiger partial charge >= 0.3 is 5.97 Å². The number of rotatable bonds is 5. The quantitative estimate of drug-likeness (QED) is 0.725. The van der Waals surface area contributed by atoms with Gasteiger partial charge in [0.1, 0.15) is 0 Å². The number of sulfonamides is 1. The highest BCUT2D eigenvalue weighted by Crippen LogP contribution is 2.25. The first-order valence-corrected chi connectivity index (χ1v) is 10.5. The molecule has 0 unspecified atom stereocenters. The second kappa shape index (κ2) is 8.07. The van der Waals surface area contributed by atoms with Crippen LogP contribution in [0.5, 0.6) is 0 Å². The van der Waals surface area contributed by atoms with Crippen LogP contribution < -0.4 is 4.31 Å². The zero-order valence-corrected chi connectivity index (χ0v) is 16.5. The molecule has 1 aromatic carbocycles. The Bertz CT molecular complexity index is 783. The summed E-state index contributed by atoms with van der Waals surface area (Å²) in [6.07, 6.45) is 2.28. The molecule has 1 aromatic rings. The third-order valence-corrected chi connectivity index (χ3v) is 5.89. The standard InChI is InChI=1S/C18H26N2O5S/c1-5-25-18(22)14-8-10-20(11-9-14)17(21)15-7-6-13(2)16(12-15)19(3)26(4,23)24/h6-7,12,14H,5,8-11H2,1-4H3. The number of piperidine rings is 1. The van der Waals surface area contributed by atoms with Crippen LogP contribution in [0.15, 0.2) is 18.2 Å². The Morgan fingerprint density at radius 3 is 2.42 bits per heavy atom. The summed E-state index contributed by atoms with van der Waals surface area (Å²) < 4.78 is 29.8. The van der Waals surface area contributed by atoms with Crippen molar-refractivity contribution in [3.8, 4) is 0 Å². The molecule has 1 saturated heterocycles. The second-order valence-electron chi connectivity index (χ2n) is 6.55. The van der Waals surface area contributed by atoms with Gasteiger partial charge in [-0.15, -0.1) is 0 Å². The number of esters is 1. The van der Waals surface area contributed by atoms with Crippen LogP contribution in [0, 0.1) is 12.8 Å². The van der Waals surface area contributed by atoms with E-state index in [0.717, 1.165) is 11.8 Å². The SMILES string of the molecule is CCOC(=O)C1CCN(C(=O)c2ccc(C)c(N(C)S(C)(=O)=O)c2)CC1. The van der Waals surface area contributed by atoms with Crippen molar-refractivity contribution in [1.82, 2.24) is 4.90 Å². The molecule has 8 heteroatoms. The number of likely N-dealkylation sites (tertiary alicyclic amines) is 1. The number of benzene rings is 1. The summed E-state index contributed by atoms with van der Waals surface area (Å²) in [5.41, 5.74) is 1.70. The minimum atomic E-state index is -3.41. The molecule has 0 bridgehead atoms. The summed E-state index contributed by atoms with van der Waals surface area (Å²) in [4.78, 5) is 26.3. The zero-order valence-electron chi connectivity index (χ0n) is 15.7. The maximum absolute atomic E-state index is 12.8. The maximum Gasteiger partial charge on any atom is 0.309 e. The molecule has 1 aliphatic heterocycles. The lowest BCUT2D eigenvalue weighted by molar-refractivity contribution is -0.149. The van der Waals surface area contributed by atoms with Gasteiger partial charge in [-0.3, -0.25) is 13.9 Å². The molecule has 0 aliphatic carbocycles. The van der Waals surface area contributed by atoms with Gasteiger partial charge in [-0.05, 0) is 44.4 Å². The van der Waals surface area contributed by atoms with Crippen molar-refractivity contribution >= 4 is 27.6 Å². The summed E-state index contributed by atoms with van der Waals surface area (Å²) in [5, 5.41) is 0. The molecule has 1 amide bonds. The molecule has 144 valence electrons. The van der Waals surface area contributed by atoms with Crippen LogP contribution in [-0.2, 0) is 19.6 Å². The molecule has 7 nitrogen and oxygen atoms in total. The molecule has 26 heavy (non-hydrogen) atoms. The summed E-state index contributed by atoms with van der Waals surface area (Å²) in [6.45, 7) is 4.90. The van der Waals surface area contributed by atoms with Gasteiger partial charge in [-0.2, -0.15) is 0 Å². The molecule has 0 radical (unpaired) electrons. The van der Waals surface area contributed by atoms with Gasteiger partial charge < -0.3 is 9.64 Å². The van der Waals surface area contributed by atoms with Gasteiger partial charge in [-0.25, -0.2) is 8.42 Å². The summed E-state index contributed by atoms with van der Waals surface area (Å²) >= 11 is 0. The average molecular weight is 382 g/mol. The summed E-state index contributed by atoms with van der Waals surface area (Å²) in [5.74, 6) is -0.522. The lowest BCUT2D eigenvalue weighted by Crippen LogP contribution is -2.40. The van der Waals surface area contributed by atoms with E-state index in [1.54, 1.807) is 36.9 Å². The zero-order chi connectivity index (χ0) is 19.5. The highest BCUT2D eigenvalue weighted by Gasteiger charge is 2.29. The number of ether oxygens (including phenoxy) is 1. The Kier molecular flexibility index (Phi) is 6.28. The van der Waals surface area contributed by atoms with E-state index >= 15 is 0 Å². The van der Waals surface area contributed by atoms with Gasteiger partial charge in [0, 0.05) is 25.7 Å². The normalized spacial score (nSPS) is 15.6. The van der Waals surface area contributed by atoms with Crippen LogP contribution in [0.4, 0.5) is 5.69 Å². The van der Waals surface area contributed by atoms with E-state index < -0.39 is 10.0 Å². The smallest absolute Gasteiger partial charge is 0.309 e. The molecule has 0 N–H and O–H groups in total. The Labute approximate surface area is 155 Å².